The summed E-state index contributed by atoms with van der Waals surface area (Å²) in [6, 6.07) is 0. The minimum absolute atomic E-state index is 0.0851. The van der Waals surface area contributed by atoms with E-state index in [-0.39, 0.29) is 13.2 Å². The van der Waals surface area contributed by atoms with E-state index >= 15 is 0 Å². The average Bonchev–Trinajstić information content (AvgIpc) is 1.84. The fourth-order valence-corrected chi connectivity index (χ4v) is 0.727. The second-order valence-electron chi connectivity index (χ2n) is 2.39. The molecule has 0 aliphatic rings. The summed E-state index contributed by atoms with van der Waals surface area (Å²) in [4.78, 5) is 12.0. The molecule has 0 amide bonds. The summed E-state index contributed by atoms with van der Waals surface area (Å²) in [5.74, 6) is -0.472. The van der Waals surface area contributed by atoms with Crippen LogP contribution in [0.1, 0.15) is 6.92 Å². The first-order chi connectivity index (χ1) is 5.56. The van der Waals surface area contributed by atoms with E-state index < -0.39 is 18.9 Å². The summed E-state index contributed by atoms with van der Waals surface area (Å²) in [7, 11) is 1.45. The van der Waals surface area contributed by atoms with E-state index in [9.17, 15) is 13.6 Å². The SMILES string of the molecule is CCOC(=O)CN(C)CC(F)F. The number of nitrogens with zero attached hydrogens (tertiary/aromatic N) is 1. The summed E-state index contributed by atoms with van der Waals surface area (Å²) in [6.45, 7) is 1.46. The van der Waals surface area contributed by atoms with Gasteiger partial charge in [0.15, 0.2) is 0 Å². The maximum atomic E-state index is 11.7. The number of ether oxygens (including phenoxy) is 1. The predicted molar refractivity (Wildman–Crippen MR) is 40.1 cm³/mol. The smallest absolute Gasteiger partial charge is 0.320 e. The second-order valence-corrected chi connectivity index (χ2v) is 2.39. The molecule has 0 saturated heterocycles. The lowest BCUT2D eigenvalue weighted by Crippen LogP contribution is -2.31. The lowest BCUT2D eigenvalue weighted by molar-refractivity contribution is -0.144. The molecule has 72 valence electrons. The zero-order valence-electron chi connectivity index (χ0n) is 7.22. The number of rotatable bonds is 5. The van der Waals surface area contributed by atoms with Crippen molar-refractivity contribution in [1.82, 2.24) is 4.90 Å². The Kier molecular flexibility index (Phi) is 5.53. The van der Waals surface area contributed by atoms with Crippen molar-refractivity contribution in [1.29, 1.82) is 0 Å². The summed E-state index contributed by atoms with van der Waals surface area (Å²) in [6.07, 6.45) is -2.41. The highest BCUT2D eigenvalue weighted by molar-refractivity contribution is 5.71. The van der Waals surface area contributed by atoms with Crippen molar-refractivity contribution in [2.75, 3.05) is 26.7 Å². The molecule has 5 heteroatoms. The average molecular weight is 181 g/mol. The highest BCUT2D eigenvalue weighted by Crippen LogP contribution is 1.95. The molecule has 0 fully saturated rings. The quantitative estimate of drug-likeness (QED) is 0.586. The van der Waals surface area contributed by atoms with Crippen LogP contribution in [-0.4, -0.2) is 44.0 Å². The molecule has 0 aromatic carbocycles. The molecule has 3 nitrogen and oxygen atoms in total. The minimum atomic E-state index is -2.41. The van der Waals surface area contributed by atoms with Gasteiger partial charge in [0.2, 0.25) is 0 Å². The van der Waals surface area contributed by atoms with Crippen molar-refractivity contribution >= 4 is 5.97 Å². The number of esters is 1. The third-order valence-electron chi connectivity index (χ3n) is 1.15. The predicted octanol–water partition coefficient (Wildman–Crippen LogP) is 0.746. The zero-order valence-corrected chi connectivity index (χ0v) is 7.22. The Morgan fingerprint density at radius 1 is 1.58 bits per heavy atom. The van der Waals surface area contributed by atoms with Crippen LogP contribution in [0.25, 0.3) is 0 Å². The van der Waals surface area contributed by atoms with Gasteiger partial charge in [0.1, 0.15) is 0 Å². The van der Waals surface area contributed by atoms with Crippen molar-refractivity contribution in [3.8, 4) is 0 Å². The Bertz CT molecular complexity index is 141. The van der Waals surface area contributed by atoms with Gasteiger partial charge < -0.3 is 4.74 Å². The number of hydrogen-bond acceptors (Lipinski definition) is 3. The van der Waals surface area contributed by atoms with Gasteiger partial charge in [-0.25, -0.2) is 8.78 Å². The molecule has 0 unspecified atom stereocenters. The molecular weight excluding hydrogens is 168 g/mol. The lowest BCUT2D eigenvalue weighted by Gasteiger charge is -2.14. The van der Waals surface area contributed by atoms with Gasteiger partial charge in [-0.1, -0.05) is 0 Å². The number of halogens is 2. The summed E-state index contributed by atoms with van der Waals surface area (Å²) >= 11 is 0. The van der Waals surface area contributed by atoms with E-state index in [1.165, 1.54) is 11.9 Å². The monoisotopic (exact) mass is 181 g/mol. The van der Waals surface area contributed by atoms with Crippen LogP contribution in [0.3, 0.4) is 0 Å². The van der Waals surface area contributed by atoms with Crippen molar-refractivity contribution in [3.05, 3.63) is 0 Å². The molecule has 0 heterocycles. The van der Waals surface area contributed by atoms with Crippen LogP contribution in [0.4, 0.5) is 8.78 Å². The van der Waals surface area contributed by atoms with Crippen molar-refractivity contribution in [2.24, 2.45) is 0 Å². The third kappa shape index (κ3) is 6.03. The van der Waals surface area contributed by atoms with Gasteiger partial charge in [-0.05, 0) is 14.0 Å². The number of hydrogen-bond donors (Lipinski definition) is 0. The number of likely N-dealkylation sites (N-methyl/N-ethyl adjacent to an activating group) is 1. The molecular formula is C7H13F2NO2. The van der Waals surface area contributed by atoms with Gasteiger partial charge in [-0.3, -0.25) is 9.69 Å². The highest BCUT2D eigenvalue weighted by atomic mass is 19.3. The standard InChI is InChI=1S/C7H13F2NO2/c1-3-12-7(11)5-10(2)4-6(8)9/h6H,3-5H2,1-2H3. The summed E-state index contributed by atoms with van der Waals surface area (Å²) in [5, 5.41) is 0. The van der Waals surface area contributed by atoms with Crippen molar-refractivity contribution in [3.63, 3.8) is 0 Å². The van der Waals surface area contributed by atoms with E-state index in [2.05, 4.69) is 4.74 Å². The third-order valence-corrected chi connectivity index (χ3v) is 1.15. The molecule has 0 atom stereocenters. The fraction of sp³-hybridized carbons (Fsp3) is 0.857. The lowest BCUT2D eigenvalue weighted by atomic mass is 10.5. The molecule has 0 saturated carbocycles. The van der Waals surface area contributed by atoms with E-state index in [0.717, 1.165) is 0 Å². The van der Waals surface area contributed by atoms with E-state index in [4.69, 9.17) is 0 Å². The van der Waals surface area contributed by atoms with Crippen LogP contribution in [0, 0.1) is 0 Å². The molecule has 0 aliphatic heterocycles. The molecule has 0 bridgehead atoms. The first-order valence-electron chi connectivity index (χ1n) is 3.68. The Hall–Kier alpha value is -0.710. The summed E-state index contributed by atoms with van der Waals surface area (Å²) < 4.78 is 28.0. The topological polar surface area (TPSA) is 29.5 Å². The Balaban J connectivity index is 3.54. The Morgan fingerprint density at radius 3 is 2.58 bits per heavy atom. The van der Waals surface area contributed by atoms with Crippen LogP contribution in [0.5, 0.6) is 0 Å². The number of carbonyl (C=O) groups excluding carboxylic acids is 1. The van der Waals surface area contributed by atoms with Gasteiger partial charge in [0.25, 0.3) is 6.43 Å². The molecule has 0 radical (unpaired) electrons. The van der Waals surface area contributed by atoms with Crippen LogP contribution in [0.15, 0.2) is 0 Å². The van der Waals surface area contributed by atoms with Crippen LogP contribution >= 0.6 is 0 Å². The Labute approximate surface area is 70.3 Å². The zero-order chi connectivity index (χ0) is 9.56. The highest BCUT2D eigenvalue weighted by Gasteiger charge is 2.11. The summed E-state index contributed by atoms with van der Waals surface area (Å²) in [5.41, 5.74) is 0. The molecule has 0 spiro atoms. The Morgan fingerprint density at radius 2 is 2.17 bits per heavy atom. The largest absolute Gasteiger partial charge is 0.465 e. The van der Waals surface area contributed by atoms with Gasteiger partial charge in [0.05, 0.1) is 19.7 Å². The molecule has 0 rings (SSSR count). The van der Waals surface area contributed by atoms with E-state index in [0.29, 0.717) is 0 Å². The maximum absolute atomic E-state index is 11.7. The van der Waals surface area contributed by atoms with Crippen molar-refractivity contribution < 1.29 is 18.3 Å². The van der Waals surface area contributed by atoms with Gasteiger partial charge in [-0.15, -0.1) is 0 Å². The van der Waals surface area contributed by atoms with Gasteiger partial charge in [0, 0.05) is 0 Å². The van der Waals surface area contributed by atoms with Crippen LogP contribution < -0.4 is 0 Å². The van der Waals surface area contributed by atoms with E-state index in [1.807, 2.05) is 0 Å². The van der Waals surface area contributed by atoms with E-state index in [1.54, 1.807) is 6.92 Å². The molecule has 12 heavy (non-hydrogen) atoms. The molecule has 0 aromatic rings. The normalized spacial score (nSPS) is 10.8. The van der Waals surface area contributed by atoms with Gasteiger partial charge >= 0.3 is 5.97 Å². The first kappa shape index (κ1) is 11.3. The van der Waals surface area contributed by atoms with Crippen molar-refractivity contribution in [2.45, 2.75) is 13.3 Å². The maximum Gasteiger partial charge on any atom is 0.320 e. The number of alkyl halides is 2. The minimum Gasteiger partial charge on any atom is -0.465 e. The molecule has 0 aromatic heterocycles. The van der Waals surface area contributed by atoms with Crippen LogP contribution in [0.2, 0.25) is 0 Å². The number of carbonyl (C=O) groups is 1. The first-order valence-corrected chi connectivity index (χ1v) is 3.68. The second kappa shape index (κ2) is 5.88. The molecule has 0 N–H and O–H groups in total. The van der Waals surface area contributed by atoms with Crippen LogP contribution in [-0.2, 0) is 9.53 Å². The molecule has 0 aliphatic carbocycles. The van der Waals surface area contributed by atoms with Gasteiger partial charge in [-0.2, -0.15) is 0 Å². The fourth-order valence-electron chi connectivity index (χ4n) is 0.727.